The van der Waals surface area contributed by atoms with Crippen molar-refractivity contribution in [2.75, 3.05) is 32.1 Å². The molecule has 0 aliphatic heterocycles. The van der Waals surface area contributed by atoms with E-state index in [2.05, 4.69) is 15.2 Å². The van der Waals surface area contributed by atoms with Crippen LogP contribution in [0.5, 0.6) is 0 Å². The second-order valence-electron chi connectivity index (χ2n) is 3.64. The molecule has 0 atom stereocenters. The van der Waals surface area contributed by atoms with Gasteiger partial charge in [-0.05, 0) is 32.1 Å². The first-order valence-electron chi connectivity index (χ1n) is 5.26. The van der Waals surface area contributed by atoms with E-state index in [0.717, 1.165) is 25.2 Å². The monoisotopic (exact) mass is 222 g/mol. The molecule has 0 spiro atoms. The van der Waals surface area contributed by atoms with Crippen LogP contribution in [0.25, 0.3) is 0 Å². The summed E-state index contributed by atoms with van der Waals surface area (Å²) in [5.74, 6) is -0.495. The maximum absolute atomic E-state index is 11.0. The Labute approximate surface area is 95.7 Å². The van der Waals surface area contributed by atoms with Crippen molar-refractivity contribution in [3.63, 3.8) is 0 Å². The van der Waals surface area contributed by atoms with E-state index >= 15 is 0 Å². The number of amides is 1. The molecule has 1 rings (SSSR count). The van der Waals surface area contributed by atoms with Crippen LogP contribution in [0, 0.1) is 0 Å². The number of pyridine rings is 1. The minimum Gasteiger partial charge on any atom is -0.374 e. The molecule has 5 heteroatoms. The van der Waals surface area contributed by atoms with Crippen molar-refractivity contribution in [2.24, 2.45) is 5.73 Å². The molecule has 3 N–H and O–H groups in total. The van der Waals surface area contributed by atoms with Gasteiger partial charge in [0, 0.05) is 25.5 Å². The fourth-order valence-corrected chi connectivity index (χ4v) is 1.41. The number of rotatable bonds is 6. The van der Waals surface area contributed by atoms with E-state index in [1.807, 2.05) is 20.2 Å². The molecule has 0 fully saturated rings. The fraction of sp³-hybridized carbons (Fsp3) is 0.455. The molecule has 0 aliphatic carbocycles. The Bertz CT molecular complexity index is 354. The predicted molar refractivity (Wildman–Crippen MR) is 64.6 cm³/mol. The minimum absolute atomic E-state index is 0.304. The SMILES string of the molecule is CNCCCN(C)c1ccnc(C(N)=O)c1. The number of anilines is 1. The highest BCUT2D eigenvalue weighted by Gasteiger charge is 2.05. The summed E-state index contributed by atoms with van der Waals surface area (Å²) in [5.41, 5.74) is 6.44. The number of nitrogens with two attached hydrogens (primary N) is 1. The molecule has 0 unspecified atom stereocenters. The normalized spacial score (nSPS) is 10.1. The van der Waals surface area contributed by atoms with Crippen LogP contribution in [0.4, 0.5) is 5.69 Å². The Morgan fingerprint density at radius 1 is 1.62 bits per heavy atom. The Morgan fingerprint density at radius 3 is 3.00 bits per heavy atom. The van der Waals surface area contributed by atoms with Gasteiger partial charge in [0.05, 0.1) is 0 Å². The van der Waals surface area contributed by atoms with E-state index in [0.29, 0.717) is 5.69 Å². The average Bonchev–Trinajstić information content (AvgIpc) is 2.29. The van der Waals surface area contributed by atoms with E-state index in [-0.39, 0.29) is 0 Å². The van der Waals surface area contributed by atoms with E-state index in [1.54, 1.807) is 12.3 Å². The molecule has 0 radical (unpaired) electrons. The molecule has 0 saturated heterocycles. The van der Waals surface area contributed by atoms with Crippen molar-refractivity contribution in [2.45, 2.75) is 6.42 Å². The Kier molecular flexibility index (Phi) is 4.72. The molecular formula is C11H18N4O. The lowest BCUT2D eigenvalue weighted by molar-refractivity contribution is 0.0995. The first-order valence-corrected chi connectivity index (χ1v) is 5.26. The topological polar surface area (TPSA) is 71.2 Å². The van der Waals surface area contributed by atoms with Gasteiger partial charge >= 0.3 is 0 Å². The van der Waals surface area contributed by atoms with Gasteiger partial charge in [0.1, 0.15) is 5.69 Å². The zero-order valence-corrected chi connectivity index (χ0v) is 9.73. The smallest absolute Gasteiger partial charge is 0.267 e. The number of aromatic nitrogens is 1. The summed E-state index contributed by atoms with van der Waals surface area (Å²) < 4.78 is 0. The lowest BCUT2D eigenvalue weighted by Crippen LogP contribution is -2.23. The van der Waals surface area contributed by atoms with Gasteiger partial charge in [0.2, 0.25) is 0 Å². The van der Waals surface area contributed by atoms with Gasteiger partial charge in [-0.1, -0.05) is 0 Å². The maximum atomic E-state index is 11.0. The van der Waals surface area contributed by atoms with Gasteiger partial charge in [-0.15, -0.1) is 0 Å². The van der Waals surface area contributed by atoms with Crippen molar-refractivity contribution >= 4 is 11.6 Å². The van der Waals surface area contributed by atoms with Crippen molar-refractivity contribution in [1.82, 2.24) is 10.3 Å². The molecule has 1 aromatic heterocycles. The predicted octanol–water partition coefficient (Wildman–Crippen LogP) is 0.226. The van der Waals surface area contributed by atoms with Crippen LogP contribution in [-0.2, 0) is 0 Å². The summed E-state index contributed by atoms with van der Waals surface area (Å²) in [4.78, 5) is 16.9. The number of hydrogen-bond acceptors (Lipinski definition) is 4. The first-order chi connectivity index (χ1) is 7.65. The quantitative estimate of drug-likeness (QED) is 0.676. The van der Waals surface area contributed by atoms with Crippen LogP contribution in [0.1, 0.15) is 16.9 Å². The second kappa shape index (κ2) is 6.07. The maximum Gasteiger partial charge on any atom is 0.267 e. The lowest BCUT2D eigenvalue weighted by atomic mass is 10.2. The van der Waals surface area contributed by atoms with Gasteiger partial charge in [-0.2, -0.15) is 0 Å². The van der Waals surface area contributed by atoms with Crippen LogP contribution in [0.2, 0.25) is 0 Å². The molecule has 1 heterocycles. The Hall–Kier alpha value is -1.62. The third-order valence-corrected chi connectivity index (χ3v) is 2.36. The lowest BCUT2D eigenvalue weighted by Gasteiger charge is -2.19. The van der Waals surface area contributed by atoms with Crippen molar-refractivity contribution < 1.29 is 4.79 Å². The zero-order chi connectivity index (χ0) is 12.0. The number of primary amides is 1. The standard InChI is InChI=1S/C11H18N4O/c1-13-5-3-7-15(2)9-4-6-14-10(8-9)11(12)16/h4,6,8,13H,3,5,7H2,1-2H3,(H2,12,16). The van der Waals surface area contributed by atoms with Gasteiger partial charge < -0.3 is 16.0 Å². The van der Waals surface area contributed by atoms with Crippen molar-refractivity contribution in [3.05, 3.63) is 24.0 Å². The first kappa shape index (κ1) is 12.4. The molecule has 0 aliphatic rings. The number of carbonyl (C=O) groups excluding carboxylic acids is 1. The molecule has 0 aromatic carbocycles. The summed E-state index contributed by atoms with van der Waals surface area (Å²) in [6, 6.07) is 3.58. The summed E-state index contributed by atoms with van der Waals surface area (Å²) in [7, 11) is 3.91. The molecular weight excluding hydrogens is 204 g/mol. The highest BCUT2D eigenvalue weighted by Crippen LogP contribution is 2.12. The van der Waals surface area contributed by atoms with E-state index in [1.165, 1.54) is 0 Å². The van der Waals surface area contributed by atoms with Crippen LogP contribution < -0.4 is 16.0 Å². The summed E-state index contributed by atoms with van der Waals surface area (Å²) in [6.45, 7) is 1.89. The number of nitrogens with zero attached hydrogens (tertiary/aromatic N) is 2. The number of nitrogens with one attached hydrogen (secondary N) is 1. The molecule has 1 aromatic rings. The molecule has 0 bridgehead atoms. The summed E-state index contributed by atoms with van der Waals surface area (Å²) in [6.07, 6.45) is 2.64. The van der Waals surface area contributed by atoms with Crippen LogP contribution in [0.15, 0.2) is 18.3 Å². The highest BCUT2D eigenvalue weighted by atomic mass is 16.1. The third kappa shape index (κ3) is 3.51. The van der Waals surface area contributed by atoms with Crippen LogP contribution >= 0.6 is 0 Å². The molecule has 0 saturated carbocycles. The summed E-state index contributed by atoms with van der Waals surface area (Å²) in [5, 5.41) is 3.09. The van der Waals surface area contributed by atoms with Gasteiger partial charge in [-0.25, -0.2) is 0 Å². The zero-order valence-electron chi connectivity index (χ0n) is 9.73. The second-order valence-corrected chi connectivity index (χ2v) is 3.64. The number of carbonyl (C=O) groups is 1. The van der Waals surface area contributed by atoms with Gasteiger partial charge in [-0.3, -0.25) is 9.78 Å². The molecule has 88 valence electrons. The van der Waals surface area contributed by atoms with E-state index < -0.39 is 5.91 Å². The van der Waals surface area contributed by atoms with Gasteiger partial charge in [0.15, 0.2) is 0 Å². The highest BCUT2D eigenvalue weighted by molar-refractivity contribution is 5.91. The largest absolute Gasteiger partial charge is 0.374 e. The van der Waals surface area contributed by atoms with Crippen molar-refractivity contribution in [1.29, 1.82) is 0 Å². The minimum atomic E-state index is -0.495. The molecule has 5 nitrogen and oxygen atoms in total. The van der Waals surface area contributed by atoms with Crippen LogP contribution in [-0.4, -0.2) is 38.1 Å². The van der Waals surface area contributed by atoms with E-state index in [9.17, 15) is 4.79 Å². The molecule has 16 heavy (non-hydrogen) atoms. The third-order valence-electron chi connectivity index (χ3n) is 2.36. The van der Waals surface area contributed by atoms with E-state index in [4.69, 9.17) is 5.73 Å². The average molecular weight is 222 g/mol. The Morgan fingerprint density at radius 2 is 2.38 bits per heavy atom. The number of hydrogen-bond donors (Lipinski definition) is 2. The molecule has 1 amide bonds. The van der Waals surface area contributed by atoms with Gasteiger partial charge in [0.25, 0.3) is 5.91 Å². The fourth-order valence-electron chi connectivity index (χ4n) is 1.41. The van der Waals surface area contributed by atoms with Crippen molar-refractivity contribution in [3.8, 4) is 0 Å². The Balaban J connectivity index is 2.64. The summed E-state index contributed by atoms with van der Waals surface area (Å²) >= 11 is 0. The van der Waals surface area contributed by atoms with Crippen LogP contribution in [0.3, 0.4) is 0 Å².